The number of hydrogen-bond donors (Lipinski definition) is 0. The SMILES string of the molecule is O=C(Sc1nc2ccccc2o1)c1cccs1. The third-order valence-corrected chi connectivity index (χ3v) is 3.93. The lowest BCUT2D eigenvalue weighted by Gasteiger charge is -1.90. The molecule has 3 aromatic rings. The molecular weight excluding hydrogens is 254 g/mol. The summed E-state index contributed by atoms with van der Waals surface area (Å²) in [5, 5.41) is 2.23. The van der Waals surface area contributed by atoms with Gasteiger partial charge in [0.2, 0.25) is 5.12 Å². The zero-order valence-electron chi connectivity index (χ0n) is 8.62. The highest BCUT2D eigenvalue weighted by molar-refractivity contribution is 8.14. The van der Waals surface area contributed by atoms with Crippen molar-refractivity contribution in [1.29, 1.82) is 0 Å². The Bertz CT molecular complexity index is 625. The first-order valence-corrected chi connectivity index (χ1v) is 6.64. The first-order valence-electron chi connectivity index (χ1n) is 4.94. The molecule has 84 valence electrons. The second-order valence-electron chi connectivity index (χ2n) is 3.31. The number of oxazole rings is 1. The van der Waals surface area contributed by atoms with Crippen molar-refractivity contribution in [1.82, 2.24) is 4.98 Å². The van der Waals surface area contributed by atoms with Crippen LogP contribution >= 0.6 is 23.1 Å². The number of rotatable bonds is 2. The van der Waals surface area contributed by atoms with Crippen LogP contribution in [0, 0.1) is 0 Å². The molecule has 0 aliphatic rings. The van der Waals surface area contributed by atoms with Crippen LogP contribution in [0.2, 0.25) is 0 Å². The van der Waals surface area contributed by atoms with Crippen LogP contribution in [0.5, 0.6) is 0 Å². The van der Waals surface area contributed by atoms with Crippen LogP contribution in [0.15, 0.2) is 51.4 Å². The molecule has 0 N–H and O–H groups in total. The Kier molecular flexibility index (Phi) is 2.70. The van der Waals surface area contributed by atoms with Crippen LogP contribution in [0.3, 0.4) is 0 Å². The van der Waals surface area contributed by atoms with Gasteiger partial charge >= 0.3 is 0 Å². The smallest absolute Gasteiger partial charge is 0.264 e. The van der Waals surface area contributed by atoms with Gasteiger partial charge < -0.3 is 4.42 Å². The minimum atomic E-state index is -0.0356. The predicted molar refractivity (Wildman–Crippen MR) is 68.5 cm³/mol. The van der Waals surface area contributed by atoms with E-state index in [1.165, 1.54) is 11.3 Å². The van der Waals surface area contributed by atoms with Crippen LogP contribution < -0.4 is 0 Å². The number of thiophene rings is 1. The Balaban J connectivity index is 1.88. The highest BCUT2D eigenvalue weighted by atomic mass is 32.2. The lowest BCUT2D eigenvalue weighted by Crippen LogP contribution is -1.87. The predicted octanol–water partition coefficient (Wildman–Crippen LogP) is 3.82. The molecule has 0 aliphatic heterocycles. The molecule has 0 unspecified atom stereocenters. The monoisotopic (exact) mass is 261 g/mol. The van der Waals surface area contributed by atoms with E-state index in [0.29, 0.717) is 15.7 Å². The van der Waals surface area contributed by atoms with Crippen molar-refractivity contribution in [3.05, 3.63) is 46.7 Å². The maximum Gasteiger partial charge on any atom is 0.264 e. The largest absolute Gasteiger partial charge is 0.431 e. The fraction of sp³-hybridized carbons (Fsp3) is 0. The molecule has 0 atom stereocenters. The van der Waals surface area contributed by atoms with Gasteiger partial charge in [0.1, 0.15) is 5.52 Å². The summed E-state index contributed by atoms with van der Waals surface area (Å²) >= 11 is 2.44. The molecule has 0 fully saturated rings. The van der Waals surface area contributed by atoms with Gasteiger partial charge in [-0.1, -0.05) is 18.2 Å². The van der Waals surface area contributed by atoms with E-state index in [9.17, 15) is 4.79 Å². The average molecular weight is 261 g/mol. The number of aromatic nitrogens is 1. The third-order valence-electron chi connectivity index (χ3n) is 2.18. The van der Waals surface area contributed by atoms with E-state index in [0.717, 1.165) is 17.3 Å². The molecule has 0 saturated carbocycles. The van der Waals surface area contributed by atoms with Gasteiger partial charge in [0.25, 0.3) is 5.22 Å². The molecule has 1 aromatic carbocycles. The van der Waals surface area contributed by atoms with Gasteiger partial charge in [-0.2, -0.15) is 0 Å². The molecule has 0 radical (unpaired) electrons. The van der Waals surface area contributed by atoms with Gasteiger partial charge in [-0.05, 0) is 23.6 Å². The standard InChI is InChI=1S/C12H7NO2S2/c14-11(10-6-3-7-16-10)17-12-13-8-4-1-2-5-9(8)15-12/h1-7H. The minimum Gasteiger partial charge on any atom is -0.431 e. The van der Waals surface area contributed by atoms with E-state index in [-0.39, 0.29) is 5.12 Å². The molecule has 2 aromatic heterocycles. The fourth-order valence-corrected chi connectivity index (χ4v) is 2.85. The van der Waals surface area contributed by atoms with Gasteiger partial charge in [-0.3, -0.25) is 4.79 Å². The van der Waals surface area contributed by atoms with E-state index in [1.807, 2.05) is 35.7 Å². The fourth-order valence-electron chi connectivity index (χ4n) is 1.42. The second-order valence-corrected chi connectivity index (χ2v) is 5.19. The summed E-state index contributed by atoms with van der Waals surface area (Å²) in [5.41, 5.74) is 1.47. The Morgan fingerprint density at radius 2 is 2.12 bits per heavy atom. The van der Waals surface area contributed by atoms with Crippen molar-refractivity contribution >= 4 is 39.3 Å². The van der Waals surface area contributed by atoms with E-state index < -0.39 is 0 Å². The summed E-state index contributed by atoms with van der Waals surface area (Å²) in [6, 6.07) is 11.1. The van der Waals surface area contributed by atoms with Crippen LogP contribution in [0.4, 0.5) is 0 Å². The summed E-state index contributed by atoms with van der Waals surface area (Å²) < 4.78 is 5.47. The quantitative estimate of drug-likeness (QED) is 0.658. The van der Waals surface area contributed by atoms with Crippen LogP contribution in [-0.4, -0.2) is 10.1 Å². The van der Waals surface area contributed by atoms with Gasteiger partial charge in [0.15, 0.2) is 5.58 Å². The maximum atomic E-state index is 11.8. The minimum absolute atomic E-state index is 0.0356. The Labute approximate surface area is 105 Å². The van der Waals surface area contributed by atoms with Gasteiger partial charge in [-0.25, -0.2) is 4.98 Å². The van der Waals surface area contributed by atoms with Crippen molar-refractivity contribution in [2.75, 3.05) is 0 Å². The van der Waals surface area contributed by atoms with E-state index in [4.69, 9.17) is 4.42 Å². The number of para-hydroxylation sites is 2. The molecule has 0 spiro atoms. The first-order chi connectivity index (χ1) is 8.33. The molecule has 5 heteroatoms. The van der Waals surface area contributed by atoms with E-state index in [1.54, 1.807) is 6.07 Å². The number of carbonyl (C=O) groups is 1. The molecule has 3 nitrogen and oxygen atoms in total. The van der Waals surface area contributed by atoms with Crippen molar-refractivity contribution in [3.63, 3.8) is 0 Å². The van der Waals surface area contributed by atoms with Crippen molar-refractivity contribution < 1.29 is 9.21 Å². The third kappa shape index (κ3) is 2.11. The van der Waals surface area contributed by atoms with Gasteiger partial charge in [0.05, 0.1) is 4.88 Å². The van der Waals surface area contributed by atoms with Gasteiger partial charge in [-0.15, -0.1) is 11.3 Å². The molecule has 0 amide bonds. The van der Waals surface area contributed by atoms with Crippen LogP contribution in [0.25, 0.3) is 11.1 Å². The molecule has 3 rings (SSSR count). The zero-order chi connectivity index (χ0) is 11.7. The molecule has 0 aliphatic carbocycles. The lowest BCUT2D eigenvalue weighted by molar-refractivity contribution is 0.109. The number of nitrogens with zero attached hydrogens (tertiary/aromatic N) is 1. The summed E-state index contributed by atoms with van der Waals surface area (Å²) in [4.78, 5) is 16.8. The Hall–Kier alpha value is -1.59. The number of benzene rings is 1. The first kappa shape index (κ1) is 10.6. The molecular formula is C12H7NO2S2. The molecule has 0 bridgehead atoms. The Morgan fingerprint density at radius 1 is 1.24 bits per heavy atom. The molecule has 2 heterocycles. The van der Waals surface area contributed by atoms with E-state index >= 15 is 0 Å². The number of hydrogen-bond acceptors (Lipinski definition) is 5. The topological polar surface area (TPSA) is 43.1 Å². The summed E-state index contributed by atoms with van der Waals surface area (Å²) in [6.45, 7) is 0. The molecule has 0 saturated heterocycles. The van der Waals surface area contributed by atoms with Gasteiger partial charge in [0, 0.05) is 11.8 Å². The Morgan fingerprint density at radius 3 is 2.88 bits per heavy atom. The number of fused-ring (bicyclic) bond motifs is 1. The average Bonchev–Trinajstić information content (AvgIpc) is 2.97. The van der Waals surface area contributed by atoms with Crippen molar-refractivity contribution in [2.45, 2.75) is 5.22 Å². The lowest BCUT2D eigenvalue weighted by atomic mass is 10.3. The zero-order valence-corrected chi connectivity index (χ0v) is 10.3. The van der Waals surface area contributed by atoms with Crippen LogP contribution in [-0.2, 0) is 0 Å². The summed E-state index contributed by atoms with van der Waals surface area (Å²) in [7, 11) is 0. The van der Waals surface area contributed by atoms with Crippen LogP contribution in [0.1, 0.15) is 9.67 Å². The highest BCUT2D eigenvalue weighted by Gasteiger charge is 2.13. The number of thioether (sulfide) groups is 1. The van der Waals surface area contributed by atoms with Crippen molar-refractivity contribution in [2.24, 2.45) is 0 Å². The highest BCUT2D eigenvalue weighted by Crippen LogP contribution is 2.27. The van der Waals surface area contributed by atoms with Crippen molar-refractivity contribution in [3.8, 4) is 0 Å². The second kappa shape index (κ2) is 4.35. The molecule has 17 heavy (non-hydrogen) atoms. The van der Waals surface area contributed by atoms with E-state index in [2.05, 4.69) is 4.98 Å². The maximum absolute atomic E-state index is 11.8. The number of carbonyl (C=O) groups excluding carboxylic acids is 1. The summed E-state index contributed by atoms with van der Waals surface area (Å²) in [6.07, 6.45) is 0. The summed E-state index contributed by atoms with van der Waals surface area (Å²) in [5.74, 6) is 0. The normalized spacial score (nSPS) is 10.8.